The van der Waals surface area contributed by atoms with Crippen LogP contribution in [0.25, 0.3) is 12.2 Å². The van der Waals surface area contributed by atoms with Crippen molar-refractivity contribution in [2.24, 2.45) is 0 Å². The molecular formula is C22H26O. The molecule has 120 valence electrons. The largest absolute Gasteiger partial charge is 0.366 e. The molecule has 0 radical (unpaired) electrons. The summed E-state index contributed by atoms with van der Waals surface area (Å²) in [5.41, 5.74) is 4.71. The van der Waals surface area contributed by atoms with Gasteiger partial charge in [0.25, 0.3) is 0 Å². The summed E-state index contributed by atoms with van der Waals surface area (Å²) in [5, 5.41) is 0. The Balaban J connectivity index is 2.16. The fourth-order valence-electron chi connectivity index (χ4n) is 2.71. The summed E-state index contributed by atoms with van der Waals surface area (Å²) < 4.78 is 6.42. The maximum atomic E-state index is 6.42. The van der Waals surface area contributed by atoms with Crippen molar-refractivity contribution in [2.75, 3.05) is 0 Å². The molecule has 0 aliphatic rings. The van der Waals surface area contributed by atoms with Gasteiger partial charge in [-0.05, 0) is 35.1 Å². The number of rotatable bonds is 8. The Hall–Kier alpha value is -2.12. The molecule has 0 aromatic heterocycles. The number of ether oxygens (including phenoxy) is 1. The minimum absolute atomic E-state index is 0.109. The molecule has 0 fully saturated rings. The van der Waals surface area contributed by atoms with E-state index in [1.54, 1.807) is 0 Å². The molecule has 2 rings (SSSR count). The zero-order valence-corrected chi connectivity index (χ0v) is 14.2. The predicted molar refractivity (Wildman–Crippen MR) is 100 cm³/mol. The average molecular weight is 306 g/mol. The smallest absolute Gasteiger partial charge is 0.0830 e. The van der Waals surface area contributed by atoms with Crippen LogP contribution in [-0.4, -0.2) is 0 Å². The van der Waals surface area contributed by atoms with Gasteiger partial charge < -0.3 is 4.74 Å². The van der Waals surface area contributed by atoms with Crippen molar-refractivity contribution in [3.8, 4) is 0 Å². The van der Waals surface area contributed by atoms with Crippen LogP contribution in [0.15, 0.2) is 61.7 Å². The van der Waals surface area contributed by atoms with Gasteiger partial charge in [0, 0.05) is 0 Å². The third-order valence-corrected chi connectivity index (χ3v) is 4.16. The molecule has 23 heavy (non-hydrogen) atoms. The highest BCUT2D eigenvalue weighted by atomic mass is 16.5. The Labute approximate surface area is 140 Å². The number of benzene rings is 2. The van der Waals surface area contributed by atoms with Crippen molar-refractivity contribution in [3.05, 3.63) is 83.9 Å². The fraction of sp³-hybridized carbons (Fsp3) is 0.273. The lowest BCUT2D eigenvalue weighted by Crippen LogP contribution is -2.09. The van der Waals surface area contributed by atoms with Gasteiger partial charge >= 0.3 is 0 Å². The van der Waals surface area contributed by atoms with Crippen LogP contribution in [0.3, 0.4) is 0 Å². The molecule has 2 aromatic carbocycles. The van der Waals surface area contributed by atoms with E-state index in [4.69, 9.17) is 4.74 Å². The molecule has 2 aromatic rings. The number of hydrogen-bond donors (Lipinski definition) is 0. The highest BCUT2D eigenvalue weighted by Gasteiger charge is 2.17. The second-order valence-electron chi connectivity index (χ2n) is 5.67. The molecule has 0 saturated carbocycles. The molecule has 0 saturated heterocycles. The first-order chi connectivity index (χ1) is 11.2. The molecule has 0 spiro atoms. The molecular weight excluding hydrogens is 280 g/mol. The Morgan fingerprint density at radius 3 is 1.35 bits per heavy atom. The SMILES string of the molecule is C=Cc1ccc(C(CC)OC(CC)c2ccc(C=C)cc2)cc1. The summed E-state index contributed by atoms with van der Waals surface area (Å²) in [4.78, 5) is 0. The van der Waals surface area contributed by atoms with E-state index in [-0.39, 0.29) is 12.2 Å². The Morgan fingerprint density at radius 2 is 1.09 bits per heavy atom. The normalized spacial score (nSPS) is 13.3. The lowest BCUT2D eigenvalue weighted by atomic mass is 10.0. The minimum Gasteiger partial charge on any atom is -0.366 e. The monoisotopic (exact) mass is 306 g/mol. The molecule has 2 unspecified atom stereocenters. The van der Waals surface area contributed by atoms with Crippen LogP contribution in [0.5, 0.6) is 0 Å². The van der Waals surface area contributed by atoms with Crippen molar-refractivity contribution < 1.29 is 4.74 Å². The van der Waals surface area contributed by atoms with Gasteiger partial charge in [0.2, 0.25) is 0 Å². The zero-order chi connectivity index (χ0) is 16.7. The van der Waals surface area contributed by atoms with Crippen molar-refractivity contribution in [2.45, 2.75) is 38.9 Å². The van der Waals surface area contributed by atoms with Gasteiger partial charge in [-0.2, -0.15) is 0 Å². The van der Waals surface area contributed by atoms with E-state index in [1.807, 2.05) is 12.2 Å². The summed E-state index contributed by atoms with van der Waals surface area (Å²) >= 11 is 0. The molecule has 0 N–H and O–H groups in total. The first kappa shape index (κ1) is 17.2. The molecule has 0 bridgehead atoms. The minimum atomic E-state index is 0.109. The van der Waals surface area contributed by atoms with Gasteiger partial charge in [-0.1, -0.05) is 87.7 Å². The average Bonchev–Trinajstić information content (AvgIpc) is 2.63. The van der Waals surface area contributed by atoms with Crippen LogP contribution in [0, 0.1) is 0 Å². The Bertz CT molecular complexity index is 565. The summed E-state index contributed by atoms with van der Waals surface area (Å²) in [6, 6.07) is 16.9. The van der Waals surface area contributed by atoms with E-state index in [0.717, 1.165) is 24.0 Å². The summed E-state index contributed by atoms with van der Waals surface area (Å²) in [6.45, 7) is 11.9. The Morgan fingerprint density at radius 1 is 0.739 bits per heavy atom. The van der Waals surface area contributed by atoms with Crippen LogP contribution in [0.4, 0.5) is 0 Å². The van der Waals surface area contributed by atoms with Crippen molar-refractivity contribution in [1.29, 1.82) is 0 Å². The number of hydrogen-bond acceptors (Lipinski definition) is 1. The molecule has 0 heterocycles. The molecule has 0 amide bonds. The van der Waals surface area contributed by atoms with Gasteiger partial charge in [-0.25, -0.2) is 0 Å². The van der Waals surface area contributed by atoms with Crippen LogP contribution >= 0.6 is 0 Å². The maximum absolute atomic E-state index is 6.42. The van der Waals surface area contributed by atoms with E-state index in [9.17, 15) is 0 Å². The van der Waals surface area contributed by atoms with Crippen molar-refractivity contribution in [3.63, 3.8) is 0 Å². The first-order valence-corrected chi connectivity index (χ1v) is 8.32. The van der Waals surface area contributed by atoms with E-state index in [2.05, 4.69) is 75.5 Å². The van der Waals surface area contributed by atoms with E-state index < -0.39 is 0 Å². The Kier molecular flexibility index (Phi) is 6.37. The lowest BCUT2D eigenvalue weighted by Gasteiger charge is -2.24. The van der Waals surface area contributed by atoms with E-state index in [1.165, 1.54) is 11.1 Å². The summed E-state index contributed by atoms with van der Waals surface area (Å²) in [7, 11) is 0. The third kappa shape index (κ3) is 4.43. The quantitative estimate of drug-likeness (QED) is 0.534. The van der Waals surface area contributed by atoms with Crippen LogP contribution < -0.4 is 0 Å². The topological polar surface area (TPSA) is 9.23 Å². The molecule has 0 aliphatic heterocycles. The zero-order valence-electron chi connectivity index (χ0n) is 14.2. The van der Waals surface area contributed by atoms with Crippen LogP contribution in [0.2, 0.25) is 0 Å². The first-order valence-electron chi connectivity index (χ1n) is 8.32. The fourth-order valence-corrected chi connectivity index (χ4v) is 2.71. The van der Waals surface area contributed by atoms with Crippen molar-refractivity contribution >= 4 is 12.2 Å². The molecule has 2 atom stereocenters. The van der Waals surface area contributed by atoms with Gasteiger partial charge in [0.05, 0.1) is 12.2 Å². The highest BCUT2D eigenvalue weighted by molar-refractivity contribution is 5.48. The van der Waals surface area contributed by atoms with Crippen LogP contribution in [-0.2, 0) is 4.74 Å². The third-order valence-electron chi connectivity index (χ3n) is 4.16. The van der Waals surface area contributed by atoms with Gasteiger partial charge in [0.15, 0.2) is 0 Å². The predicted octanol–water partition coefficient (Wildman–Crippen LogP) is 6.59. The standard InChI is InChI=1S/C22H26O/c1-5-17-9-13-19(14-10-17)21(7-3)23-22(8-4)20-15-11-18(6-2)12-16-20/h5-6,9-16,21-22H,1-2,7-8H2,3-4H3. The van der Waals surface area contributed by atoms with Gasteiger partial charge in [-0.15, -0.1) is 0 Å². The maximum Gasteiger partial charge on any atom is 0.0830 e. The molecule has 1 heteroatoms. The van der Waals surface area contributed by atoms with Gasteiger partial charge in [0.1, 0.15) is 0 Å². The highest BCUT2D eigenvalue weighted by Crippen LogP contribution is 2.31. The molecule has 0 aliphatic carbocycles. The van der Waals surface area contributed by atoms with E-state index in [0.29, 0.717) is 0 Å². The molecule has 1 nitrogen and oxygen atoms in total. The lowest BCUT2D eigenvalue weighted by molar-refractivity contribution is -0.0192. The van der Waals surface area contributed by atoms with Gasteiger partial charge in [-0.3, -0.25) is 0 Å². The van der Waals surface area contributed by atoms with Crippen molar-refractivity contribution in [1.82, 2.24) is 0 Å². The van der Waals surface area contributed by atoms with Crippen LogP contribution in [0.1, 0.15) is 61.2 Å². The van der Waals surface area contributed by atoms with E-state index >= 15 is 0 Å². The second-order valence-corrected chi connectivity index (χ2v) is 5.67. The second kappa shape index (κ2) is 8.50. The summed E-state index contributed by atoms with van der Waals surface area (Å²) in [6.07, 6.45) is 5.85. The summed E-state index contributed by atoms with van der Waals surface area (Å²) in [5.74, 6) is 0.